The molecule has 1 aromatic carbocycles. The first-order valence-electron chi connectivity index (χ1n) is 5.39. The number of halogens is 2. The first-order chi connectivity index (χ1) is 8.05. The molecule has 94 valence electrons. The van der Waals surface area contributed by atoms with Gasteiger partial charge in [0.25, 0.3) is 0 Å². The standard InChI is InChI=1S/C11H13ClFNO2S/c12-8-10-2-1-7-14(10)17(15,16)11-5-3-9(13)4-6-11/h3-6,10H,1-2,7-8H2. The molecule has 0 radical (unpaired) electrons. The number of alkyl halides is 1. The number of rotatable bonds is 3. The summed E-state index contributed by atoms with van der Waals surface area (Å²) < 4.78 is 38.7. The smallest absolute Gasteiger partial charge is 0.207 e. The SMILES string of the molecule is O=S(=O)(c1ccc(F)cc1)N1CCCC1CCl. The highest BCUT2D eigenvalue weighted by Gasteiger charge is 2.34. The van der Waals surface area contributed by atoms with Gasteiger partial charge >= 0.3 is 0 Å². The Kier molecular flexibility index (Phi) is 3.70. The Hall–Kier alpha value is -0.650. The van der Waals surface area contributed by atoms with Crippen molar-refractivity contribution >= 4 is 21.6 Å². The van der Waals surface area contributed by atoms with Crippen LogP contribution in [0.1, 0.15) is 12.8 Å². The Morgan fingerprint density at radius 1 is 1.35 bits per heavy atom. The van der Waals surface area contributed by atoms with Gasteiger partial charge in [-0.25, -0.2) is 12.8 Å². The average molecular weight is 278 g/mol. The maximum atomic E-state index is 12.8. The second kappa shape index (κ2) is 4.92. The zero-order chi connectivity index (χ0) is 12.5. The minimum absolute atomic E-state index is 0.121. The van der Waals surface area contributed by atoms with Crippen LogP contribution in [0.5, 0.6) is 0 Å². The molecule has 0 spiro atoms. The summed E-state index contributed by atoms with van der Waals surface area (Å²) in [6, 6.07) is 4.73. The molecule has 3 nitrogen and oxygen atoms in total. The molecular weight excluding hydrogens is 265 g/mol. The fraction of sp³-hybridized carbons (Fsp3) is 0.455. The molecule has 1 aliphatic heterocycles. The summed E-state index contributed by atoms with van der Waals surface area (Å²) in [7, 11) is -3.53. The Balaban J connectivity index is 2.33. The highest BCUT2D eigenvalue weighted by atomic mass is 35.5. The van der Waals surface area contributed by atoms with Crippen LogP contribution in [0.15, 0.2) is 29.2 Å². The molecule has 2 rings (SSSR count). The molecule has 0 bridgehead atoms. The van der Waals surface area contributed by atoms with Crippen molar-refractivity contribution in [3.63, 3.8) is 0 Å². The monoisotopic (exact) mass is 277 g/mol. The van der Waals surface area contributed by atoms with E-state index >= 15 is 0 Å². The van der Waals surface area contributed by atoms with Crippen LogP contribution < -0.4 is 0 Å². The predicted octanol–water partition coefficient (Wildman–Crippen LogP) is 2.22. The molecular formula is C11H13ClFNO2S. The summed E-state index contributed by atoms with van der Waals surface area (Å²) >= 11 is 5.76. The topological polar surface area (TPSA) is 37.4 Å². The van der Waals surface area contributed by atoms with E-state index < -0.39 is 15.8 Å². The van der Waals surface area contributed by atoms with Gasteiger partial charge in [-0.05, 0) is 37.1 Å². The van der Waals surface area contributed by atoms with Crippen LogP contribution in [-0.2, 0) is 10.0 Å². The lowest BCUT2D eigenvalue weighted by atomic mass is 10.3. The molecule has 1 aromatic rings. The fourth-order valence-corrected chi connectivity index (χ4v) is 4.12. The van der Waals surface area contributed by atoms with Gasteiger partial charge in [-0.1, -0.05) is 0 Å². The second-order valence-corrected chi connectivity index (χ2v) is 6.22. The summed E-state index contributed by atoms with van der Waals surface area (Å²) in [5, 5.41) is 0. The minimum atomic E-state index is -3.53. The van der Waals surface area contributed by atoms with Crippen LogP contribution in [0.25, 0.3) is 0 Å². The molecule has 1 atom stereocenters. The van der Waals surface area contributed by atoms with E-state index in [1.807, 2.05) is 0 Å². The van der Waals surface area contributed by atoms with E-state index in [-0.39, 0.29) is 10.9 Å². The third-order valence-electron chi connectivity index (χ3n) is 2.92. The predicted molar refractivity (Wildman–Crippen MR) is 64.0 cm³/mol. The molecule has 0 aliphatic carbocycles. The van der Waals surface area contributed by atoms with Gasteiger partial charge in [0, 0.05) is 18.5 Å². The maximum Gasteiger partial charge on any atom is 0.243 e. The molecule has 1 fully saturated rings. The van der Waals surface area contributed by atoms with E-state index in [4.69, 9.17) is 11.6 Å². The van der Waals surface area contributed by atoms with Crippen molar-refractivity contribution in [3.05, 3.63) is 30.1 Å². The van der Waals surface area contributed by atoms with E-state index in [0.29, 0.717) is 12.4 Å². The van der Waals surface area contributed by atoms with E-state index in [1.54, 1.807) is 0 Å². The molecule has 0 amide bonds. The third kappa shape index (κ3) is 2.46. The van der Waals surface area contributed by atoms with Crippen LogP contribution in [0.2, 0.25) is 0 Å². The summed E-state index contributed by atoms with van der Waals surface area (Å²) in [5.74, 6) is -0.153. The summed E-state index contributed by atoms with van der Waals surface area (Å²) in [6.07, 6.45) is 1.60. The molecule has 0 N–H and O–H groups in total. The van der Waals surface area contributed by atoms with Crippen molar-refractivity contribution in [1.29, 1.82) is 0 Å². The van der Waals surface area contributed by atoms with Gasteiger partial charge in [-0.3, -0.25) is 0 Å². The molecule has 0 aromatic heterocycles. The molecule has 1 saturated heterocycles. The summed E-state index contributed by atoms with van der Waals surface area (Å²) in [6.45, 7) is 0.483. The first-order valence-corrected chi connectivity index (χ1v) is 7.36. The van der Waals surface area contributed by atoms with Gasteiger partial charge in [0.1, 0.15) is 5.82 Å². The normalized spacial score (nSPS) is 21.9. The van der Waals surface area contributed by atoms with E-state index in [1.165, 1.54) is 16.4 Å². The van der Waals surface area contributed by atoms with Crippen LogP contribution in [0, 0.1) is 5.82 Å². The third-order valence-corrected chi connectivity index (χ3v) is 5.24. The van der Waals surface area contributed by atoms with Crippen molar-refractivity contribution < 1.29 is 12.8 Å². The van der Waals surface area contributed by atoms with Gasteiger partial charge in [-0.15, -0.1) is 11.6 Å². The highest BCUT2D eigenvalue weighted by Crippen LogP contribution is 2.26. The Labute approximate surface area is 105 Å². The molecule has 0 saturated carbocycles. The van der Waals surface area contributed by atoms with Crippen LogP contribution in [0.3, 0.4) is 0 Å². The number of nitrogens with zero attached hydrogens (tertiary/aromatic N) is 1. The molecule has 1 aliphatic rings. The number of hydrogen-bond acceptors (Lipinski definition) is 2. The highest BCUT2D eigenvalue weighted by molar-refractivity contribution is 7.89. The summed E-state index contributed by atoms with van der Waals surface area (Å²) in [4.78, 5) is 0.121. The van der Waals surface area contributed by atoms with Crippen LogP contribution in [-0.4, -0.2) is 31.2 Å². The first kappa shape index (κ1) is 12.8. The molecule has 1 heterocycles. The lowest BCUT2D eigenvalue weighted by molar-refractivity contribution is 0.411. The van der Waals surface area contributed by atoms with E-state index in [0.717, 1.165) is 25.0 Å². The Bertz CT molecular complexity index is 489. The van der Waals surface area contributed by atoms with Crippen molar-refractivity contribution in [3.8, 4) is 0 Å². The van der Waals surface area contributed by atoms with Crippen molar-refractivity contribution in [1.82, 2.24) is 4.31 Å². The van der Waals surface area contributed by atoms with E-state index in [9.17, 15) is 12.8 Å². The quantitative estimate of drug-likeness (QED) is 0.795. The minimum Gasteiger partial charge on any atom is -0.207 e. The zero-order valence-electron chi connectivity index (χ0n) is 9.14. The van der Waals surface area contributed by atoms with Crippen LogP contribution in [0.4, 0.5) is 4.39 Å². The maximum absolute atomic E-state index is 12.8. The van der Waals surface area contributed by atoms with Crippen molar-refractivity contribution in [2.45, 2.75) is 23.8 Å². The van der Waals surface area contributed by atoms with Gasteiger partial charge in [0.15, 0.2) is 0 Å². The van der Waals surface area contributed by atoms with Crippen molar-refractivity contribution in [2.24, 2.45) is 0 Å². The number of benzene rings is 1. The van der Waals surface area contributed by atoms with Crippen LogP contribution >= 0.6 is 11.6 Å². The molecule has 6 heteroatoms. The summed E-state index contributed by atoms with van der Waals surface area (Å²) in [5.41, 5.74) is 0. The van der Waals surface area contributed by atoms with Gasteiger partial charge in [-0.2, -0.15) is 4.31 Å². The second-order valence-electron chi connectivity index (χ2n) is 4.02. The molecule has 1 unspecified atom stereocenters. The Morgan fingerprint density at radius 3 is 2.59 bits per heavy atom. The van der Waals surface area contributed by atoms with Gasteiger partial charge < -0.3 is 0 Å². The van der Waals surface area contributed by atoms with Crippen molar-refractivity contribution in [2.75, 3.05) is 12.4 Å². The van der Waals surface area contributed by atoms with Gasteiger partial charge in [0.2, 0.25) is 10.0 Å². The molecule has 17 heavy (non-hydrogen) atoms. The lowest BCUT2D eigenvalue weighted by Crippen LogP contribution is -2.36. The number of sulfonamides is 1. The average Bonchev–Trinajstić information content (AvgIpc) is 2.78. The number of hydrogen-bond donors (Lipinski definition) is 0. The van der Waals surface area contributed by atoms with Gasteiger partial charge in [0.05, 0.1) is 4.90 Å². The van der Waals surface area contributed by atoms with E-state index in [2.05, 4.69) is 0 Å². The fourth-order valence-electron chi connectivity index (χ4n) is 2.02. The largest absolute Gasteiger partial charge is 0.243 e. The lowest BCUT2D eigenvalue weighted by Gasteiger charge is -2.22. The zero-order valence-corrected chi connectivity index (χ0v) is 10.7. The Morgan fingerprint density at radius 2 is 2.00 bits per heavy atom.